The molecular formula is C58H44N2. The first-order valence-corrected chi connectivity index (χ1v) is 21.2. The van der Waals surface area contributed by atoms with Crippen LogP contribution < -0.4 is 4.90 Å². The van der Waals surface area contributed by atoms with Crippen molar-refractivity contribution < 1.29 is 0 Å². The van der Waals surface area contributed by atoms with Gasteiger partial charge in [-0.1, -0.05) is 173 Å². The van der Waals surface area contributed by atoms with Gasteiger partial charge in [0.2, 0.25) is 0 Å². The van der Waals surface area contributed by atoms with E-state index >= 15 is 0 Å². The fourth-order valence-electron chi connectivity index (χ4n) is 10.9. The summed E-state index contributed by atoms with van der Waals surface area (Å²) >= 11 is 0. The minimum atomic E-state index is -0.121. The summed E-state index contributed by atoms with van der Waals surface area (Å²) in [6, 6.07) is 72.3. The maximum atomic E-state index is 2.56. The fourth-order valence-corrected chi connectivity index (χ4v) is 10.9. The van der Waals surface area contributed by atoms with Crippen LogP contribution in [-0.4, -0.2) is 4.57 Å². The zero-order valence-corrected chi connectivity index (χ0v) is 34.4. The van der Waals surface area contributed by atoms with Crippen molar-refractivity contribution in [1.29, 1.82) is 0 Å². The number of para-hydroxylation sites is 2. The van der Waals surface area contributed by atoms with Crippen LogP contribution in [0.2, 0.25) is 0 Å². The van der Waals surface area contributed by atoms with Crippen LogP contribution >= 0.6 is 0 Å². The van der Waals surface area contributed by atoms with E-state index in [9.17, 15) is 0 Å². The summed E-state index contributed by atoms with van der Waals surface area (Å²) in [5, 5.41) is 5.00. The molecule has 0 atom stereocenters. The molecule has 0 saturated carbocycles. The second kappa shape index (κ2) is 12.7. The van der Waals surface area contributed by atoms with E-state index in [0.29, 0.717) is 0 Å². The first kappa shape index (κ1) is 34.8. The van der Waals surface area contributed by atoms with Crippen LogP contribution in [0.3, 0.4) is 0 Å². The molecular weight excluding hydrogens is 725 g/mol. The van der Waals surface area contributed by atoms with E-state index in [1.54, 1.807) is 0 Å². The Morgan fingerprint density at radius 3 is 1.50 bits per heavy atom. The van der Waals surface area contributed by atoms with Crippen molar-refractivity contribution in [2.75, 3.05) is 4.90 Å². The molecule has 2 aliphatic carbocycles. The average molecular weight is 769 g/mol. The van der Waals surface area contributed by atoms with E-state index in [2.05, 4.69) is 231 Å². The number of benzene rings is 9. The quantitative estimate of drug-likeness (QED) is 0.169. The van der Waals surface area contributed by atoms with Crippen LogP contribution in [0.4, 0.5) is 17.1 Å². The van der Waals surface area contributed by atoms with Gasteiger partial charge >= 0.3 is 0 Å². The molecule has 0 spiro atoms. The number of nitrogens with zero attached hydrogens (tertiary/aromatic N) is 2. The van der Waals surface area contributed by atoms with E-state index in [1.165, 1.54) is 105 Å². The predicted octanol–water partition coefficient (Wildman–Crippen LogP) is 15.7. The van der Waals surface area contributed by atoms with Gasteiger partial charge in [-0.25, -0.2) is 0 Å². The van der Waals surface area contributed by atoms with E-state index < -0.39 is 0 Å². The Hall–Kier alpha value is -7.16. The third kappa shape index (κ3) is 4.82. The monoisotopic (exact) mass is 768 g/mol. The van der Waals surface area contributed by atoms with Gasteiger partial charge in [0.15, 0.2) is 0 Å². The number of rotatable bonds is 5. The van der Waals surface area contributed by atoms with Crippen molar-refractivity contribution in [3.05, 3.63) is 216 Å². The van der Waals surface area contributed by atoms with Gasteiger partial charge in [-0.05, 0) is 104 Å². The molecule has 1 aromatic heterocycles. The molecule has 0 saturated heterocycles. The number of aromatic nitrogens is 1. The third-order valence-electron chi connectivity index (χ3n) is 13.8. The summed E-state index contributed by atoms with van der Waals surface area (Å²) in [5.74, 6) is 0. The zero-order chi connectivity index (χ0) is 40.3. The molecule has 0 amide bonds. The minimum Gasteiger partial charge on any atom is -0.309 e. The molecule has 0 radical (unpaired) electrons. The van der Waals surface area contributed by atoms with Crippen molar-refractivity contribution in [2.45, 2.75) is 38.5 Å². The van der Waals surface area contributed by atoms with Crippen molar-refractivity contribution in [1.82, 2.24) is 4.57 Å². The third-order valence-corrected chi connectivity index (χ3v) is 13.8. The highest BCUT2D eigenvalue weighted by molar-refractivity contribution is 6.10. The van der Waals surface area contributed by atoms with Gasteiger partial charge in [0.05, 0.1) is 22.4 Å². The van der Waals surface area contributed by atoms with Crippen LogP contribution in [0.1, 0.15) is 49.9 Å². The first-order chi connectivity index (χ1) is 29.3. The van der Waals surface area contributed by atoms with Crippen LogP contribution in [0.15, 0.2) is 194 Å². The second-order valence-electron chi connectivity index (χ2n) is 17.7. The van der Waals surface area contributed by atoms with Crippen LogP contribution in [0.5, 0.6) is 0 Å². The maximum absolute atomic E-state index is 2.56. The summed E-state index contributed by atoms with van der Waals surface area (Å²) in [6.45, 7) is 9.49. The summed E-state index contributed by atoms with van der Waals surface area (Å²) in [6.07, 6.45) is 0. The van der Waals surface area contributed by atoms with Gasteiger partial charge in [0.1, 0.15) is 0 Å². The predicted molar refractivity (Wildman–Crippen MR) is 254 cm³/mol. The molecule has 2 nitrogen and oxygen atoms in total. The van der Waals surface area contributed by atoms with Crippen LogP contribution in [0, 0.1) is 0 Å². The average Bonchev–Trinajstić information content (AvgIpc) is 3.84. The minimum absolute atomic E-state index is 0.121. The molecule has 0 aliphatic heterocycles. The lowest BCUT2D eigenvalue weighted by Gasteiger charge is -2.31. The molecule has 0 fully saturated rings. The topological polar surface area (TPSA) is 8.17 Å². The van der Waals surface area contributed by atoms with Gasteiger partial charge in [0, 0.05) is 44.1 Å². The molecule has 0 N–H and O–H groups in total. The van der Waals surface area contributed by atoms with Gasteiger partial charge in [-0.15, -0.1) is 0 Å². The zero-order valence-electron chi connectivity index (χ0n) is 34.4. The smallest absolute Gasteiger partial charge is 0.0543 e. The number of hydrogen-bond acceptors (Lipinski definition) is 1. The second-order valence-corrected chi connectivity index (χ2v) is 17.7. The van der Waals surface area contributed by atoms with E-state index in [1.807, 2.05) is 0 Å². The molecule has 9 aromatic carbocycles. The highest BCUT2D eigenvalue weighted by Crippen LogP contribution is 2.58. The van der Waals surface area contributed by atoms with Crippen LogP contribution in [0.25, 0.3) is 71.6 Å². The van der Waals surface area contributed by atoms with Gasteiger partial charge in [-0.2, -0.15) is 0 Å². The number of hydrogen-bond donors (Lipinski definition) is 0. The van der Waals surface area contributed by atoms with Crippen molar-refractivity contribution in [2.24, 2.45) is 0 Å². The first-order valence-electron chi connectivity index (χ1n) is 21.2. The normalized spacial score (nSPS) is 14.3. The molecule has 0 unspecified atom stereocenters. The van der Waals surface area contributed by atoms with Crippen LogP contribution in [-0.2, 0) is 10.8 Å². The van der Waals surface area contributed by atoms with Crippen molar-refractivity contribution in [3.8, 4) is 39.1 Å². The van der Waals surface area contributed by atoms with E-state index in [-0.39, 0.29) is 10.8 Å². The molecule has 12 rings (SSSR count). The Morgan fingerprint density at radius 1 is 0.383 bits per heavy atom. The highest BCUT2D eigenvalue weighted by atomic mass is 15.1. The van der Waals surface area contributed by atoms with Gasteiger partial charge < -0.3 is 9.47 Å². The number of anilines is 3. The lowest BCUT2D eigenvalue weighted by Crippen LogP contribution is -2.17. The molecule has 1 heterocycles. The Morgan fingerprint density at radius 2 is 0.883 bits per heavy atom. The summed E-state index contributed by atoms with van der Waals surface area (Å²) in [7, 11) is 0. The van der Waals surface area contributed by atoms with Gasteiger partial charge in [-0.3, -0.25) is 0 Å². The Kier molecular flexibility index (Phi) is 7.36. The largest absolute Gasteiger partial charge is 0.309 e. The summed E-state index contributed by atoms with van der Waals surface area (Å²) in [5.41, 5.74) is 20.1. The summed E-state index contributed by atoms with van der Waals surface area (Å²) < 4.78 is 2.41. The van der Waals surface area contributed by atoms with Crippen molar-refractivity contribution >= 4 is 49.6 Å². The Bertz CT molecular complexity index is 3230. The van der Waals surface area contributed by atoms with E-state index in [0.717, 1.165) is 5.69 Å². The molecule has 60 heavy (non-hydrogen) atoms. The number of fused-ring (bicyclic) bond motifs is 10. The maximum Gasteiger partial charge on any atom is 0.0543 e. The molecule has 2 aliphatic rings. The molecule has 0 bridgehead atoms. The highest BCUT2D eigenvalue weighted by Gasteiger charge is 2.40. The molecule has 2 heteroatoms. The lowest BCUT2D eigenvalue weighted by molar-refractivity contribution is 0.660. The molecule has 286 valence electrons. The van der Waals surface area contributed by atoms with Crippen molar-refractivity contribution in [3.63, 3.8) is 0 Å². The molecule has 10 aromatic rings. The Balaban J connectivity index is 1.07. The van der Waals surface area contributed by atoms with Gasteiger partial charge in [0.25, 0.3) is 0 Å². The SMILES string of the molecule is CC1(C)c2ccccc2-c2c(N(c3cccc(-c4cccc5cc(-n6c7ccccc7c7ccccc76)ccc45)c3)c3cccc4c3-c3ccccc3C4(C)C)cccc21. The van der Waals surface area contributed by atoms with E-state index in [4.69, 9.17) is 0 Å². The Labute approximate surface area is 351 Å². The lowest BCUT2D eigenvalue weighted by atomic mass is 9.82. The standard InChI is InChI=1S/C58H44N2/c1-57(2)47-25-9-5-22-45(47)55-49(57)27-15-31-53(55)60(54-32-16-28-50-56(54)46-23-6-10-26-48(46)58(50,3)4)39-19-13-17-37(35-39)41-24-14-18-38-36-40(33-34-42(38)41)59-51-29-11-7-20-43(51)44-21-8-12-30-52(44)59/h5-36H,1-4H3. The fraction of sp³-hybridized carbons (Fsp3) is 0.103. The summed E-state index contributed by atoms with van der Waals surface area (Å²) in [4.78, 5) is 2.56.